The van der Waals surface area contributed by atoms with Gasteiger partial charge >= 0.3 is 0 Å². The average Bonchev–Trinajstić information content (AvgIpc) is 3.37. The first-order valence-corrected chi connectivity index (χ1v) is 12.8. The van der Waals surface area contributed by atoms with Crippen LogP contribution < -0.4 is 14.8 Å². The van der Waals surface area contributed by atoms with Gasteiger partial charge in [0.15, 0.2) is 11.5 Å². The Morgan fingerprint density at radius 3 is 2.78 bits per heavy atom. The monoisotopic (exact) mass is 506 g/mol. The number of nitrogens with zero attached hydrogens (tertiary/aromatic N) is 5. The van der Waals surface area contributed by atoms with Gasteiger partial charge in [0, 0.05) is 43.6 Å². The Morgan fingerprint density at radius 1 is 1.22 bits per heavy atom. The van der Waals surface area contributed by atoms with E-state index in [2.05, 4.69) is 34.0 Å². The maximum absolute atomic E-state index is 13.0. The number of aromatic nitrogens is 1. The molecule has 1 fully saturated rings. The van der Waals surface area contributed by atoms with Gasteiger partial charge in [0.25, 0.3) is 5.91 Å². The minimum atomic E-state index is -0.267. The van der Waals surface area contributed by atoms with Crippen molar-refractivity contribution in [3.63, 3.8) is 0 Å². The van der Waals surface area contributed by atoms with E-state index >= 15 is 0 Å². The van der Waals surface area contributed by atoms with Gasteiger partial charge in [0.2, 0.25) is 5.96 Å². The summed E-state index contributed by atoms with van der Waals surface area (Å²) < 4.78 is 17.7. The van der Waals surface area contributed by atoms with E-state index < -0.39 is 0 Å². The topological polar surface area (TPSA) is 101 Å². The van der Waals surface area contributed by atoms with E-state index in [1.165, 1.54) is 0 Å². The molecule has 4 heterocycles. The molecule has 10 nitrogen and oxygen atoms in total. The molecule has 3 aliphatic heterocycles. The van der Waals surface area contributed by atoms with Crippen molar-refractivity contribution in [2.45, 2.75) is 39.4 Å². The Labute approximate surface area is 217 Å². The summed E-state index contributed by atoms with van der Waals surface area (Å²) >= 11 is 0. The normalized spacial score (nSPS) is 21.0. The van der Waals surface area contributed by atoms with Crippen LogP contribution in [0.3, 0.4) is 0 Å². The molecule has 1 amide bonds. The highest BCUT2D eigenvalue weighted by atomic mass is 16.5. The van der Waals surface area contributed by atoms with Crippen molar-refractivity contribution in [3.8, 4) is 11.5 Å². The number of benzene rings is 1. The molecule has 37 heavy (non-hydrogen) atoms. The number of amidine groups is 1. The summed E-state index contributed by atoms with van der Waals surface area (Å²) in [6.07, 6.45) is 3.05. The second-order valence-corrected chi connectivity index (χ2v) is 9.59. The van der Waals surface area contributed by atoms with E-state index in [4.69, 9.17) is 19.2 Å². The first-order valence-electron chi connectivity index (χ1n) is 12.8. The number of nitrogens with one attached hydrogen (secondary N) is 1. The molecule has 0 aliphatic carbocycles. The van der Waals surface area contributed by atoms with E-state index in [1.807, 2.05) is 24.0 Å². The number of aryl methyl sites for hydroxylation is 1. The summed E-state index contributed by atoms with van der Waals surface area (Å²) in [4.78, 5) is 31.1. The predicted molar refractivity (Wildman–Crippen MR) is 141 cm³/mol. The highest BCUT2D eigenvalue weighted by Gasteiger charge is 2.33. The lowest BCUT2D eigenvalue weighted by Crippen LogP contribution is -2.47. The molecular weight excluding hydrogens is 472 g/mol. The molecule has 0 spiro atoms. The van der Waals surface area contributed by atoms with Crippen LogP contribution in [-0.2, 0) is 4.74 Å². The van der Waals surface area contributed by atoms with Crippen LogP contribution in [-0.4, -0.2) is 91.1 Å². The van der Waals surface area contributed by atoms with Gasteiger partial charge in [-0.05, 0) is 51.5 Å². The number of hydrogen-bond donors (Lipinski definition) is 1. The average molecular weight is 507 g/mol. The van der Waals surface area contributed by atoms with Crippen LogP contribution >= 0.6 is 0 Å². The van der Waals surface area contributed by atoms with Crippen molar-refractivity contribution < 1.29 is 19.0 Å². The molecule has 10 heteroatoms. The molecular formula is C27H34N6O4. The summed E-state index contributed by atoms with van der Waals surface area (Å²) in [5.41, 5.74) is 2.61. The Bertz CT molecular complexity index is 1220. The highest BCUT2D eigenvalue weighted by Crippen LogP contribution is 2.43. The Kier molecular flexibility index (Phi) is 7.38. The molecule has 3 aliphatic rings. The SMILES string of the molecule is COc1c(OCCCN2CC(C)OC(C)C2)ccc2c1N=C(NC(=O)c1cccnc1C)N1CCN=C21. The Hall–Kier alpha value is -3.50. The molecule has 2 atom stereocenters. The summed E-state index contributed by atoms with van der Waals surface area (Å²) in [6, 6.07) is 7.37. The molecule has 1 saturated heterocycles. The fourth-order valence-electron chi connectivity index (χ4n) is 5.13. The molecule has 1 N–H and O–H groups in total. The molecule has 1 aromatic carbocycles. The molecule has 0 saturated carbocycles. The van der Waals surface area contributed by atoms with Crippen molar-refractivity contribution in [1.82, 2.24) is 20.1 Å². The van der Waals surface area contributed by atoms with E-state index in [1.54, 1.807) is 25.4 Å². The Morgan fingerprint density at radius 2 is 2.03 bits per heavy atom. The van der Waals surface area contributed by atoms with Crippen LogP contribution in [0.1, 0.15) is 41.9 Å². The van der Waals surface area contributed by atoms with Crippen molar-refractivity contribution in [2.24, 2.45) is 9.98 Å². The first kappa shape index (κ1) is 25.2. The smallest absolute Gasteiger partial charge is 0.259 e. The van der Waals surface area contributed by atoms with E-state index in [9.17, 15) is 4.79 Å². The largest absolute Gasteiger partial charge is 0.491 e. The number of pyridine rings is 1. The van der Waals surface area contributed by atoms with E-state index in [0.29, 0.717) is 54.1 Å². The molecule has 1 aromatic heterocycles. The van der Waals surface area contributed by atoms with Crippen LogP contribution in [0.2, 0.25) is 0 Å². The van der Waals surface area contributed by atoms with Gasteiger partial charge in [-0.3, -0.25) is 29.9 Å². The number of hydrogen-bond acceptors (Lipinski definition) is 9. The number of fused-ring (bicyclic) bond motifs is 3. The molecule has 196 valence electrons. The number of amides is 1. The zero-order valence-electron chi connectivity index (χ0n) is 21.9. The Balaban J connectivity index is 1.33. The lowest BCUT2D eigenvalue weighted by atomic mass is 10.1. The number of morpholine rings is 1. The van der Waals surface area contributed by atoms with Gasteiger partial charge in [-0.25, -0.2) is 4.99 Å². The standard InChI is InChI=1S/C27H34N6O4/c1-17-15-32(16-18(2)37-17)12-6-14-36-22-9-8-21-23(24(22)35-4)30-27(33-13-11-29-25(21)33)31-26(34)20-7-5-10-28-19(20)3/h5,7-10,17-18H,6,11-16H2,1-4H3,(H,30,31,34). The predicted octanol–water partition coefficient (Wildman–Crippen LogP) is 2.77. The fourth-order valence-corrected chi connectivity index (χ4v) is 5.13. The van der Waals surface area contributed by atoms with Gasteiger partial charge in [0.05, 0.1) is 38.0 Å². The van der Waals surface area contributed by atoms with Gasteiger partial charge in [-0.2, -0.15) is 0 Å². The number of rotatable bonds is 7. The van der Waals surface area contributed by atoms with Gasteiger partial charge in [-0.1, -0.05) is 0 Å². The summed E-state index contributed by atoms with van der Waals surface area (Å²) in [5, 5.41) is 2.96. The number of methoxy groups -OCH3 is 1. The van der Waals surface area contributed by atoms with Crippen LogP contribution in [0, 0.1) is 6.92 Å². The van der Waals surface area contributed by atoms with Crippen molar-refractivity contribution in [3.05, 3.63) is 47.3 Å². The van der Waals surface area contributed by atoms with Crippen LogP contribution in [0.25, 0.3) is 0 Å². The first-order chi connectivity index (χ1) is 17.9. The lowest BCUT2D eigenvalue weighted by molar-refractivity contribution is -0.0686. The molecule has 2 aromatic rings. The van der Waals surface area contributed by atoms with Crippen LogP contribution in [0.5, 0.6) is 11.5 Å². The third-order valence-corrected chi connectivity index (χ3v) is 6.70. The third-order valence-electron chi connectivity index (χ3n) is 6.70. The summed E-state index contributed by atoms with van der Waals surface area (Å²) in [7, 11) is 1.61. The van der Waals surface area contributed by atoms with Crippen molar-refractivity contribution in [2.75, 3.05) is 46.4 Å². The molecule has 0 bridgehead atoms. The quantitative estimate of drug-likeness (QED) is 0.577. The maximum atomic E-state index is 13.0. The lowest BCUT2D eigenvalue weighted by Gasteiger charge is -2.35. The minimum absolute atomic E-state index is 0.248. The zero-order chi connectivity index (χ0) is 25.9. The number of guanidine groups is 1. The summed E-state index contributed by atoms with van der Waals surface area (Å²) in [5.74, 6) is 2.07. The fraction of sp³-hybridized carbons (Fsp3) is 0.481. The van der Waals surface area contributed by atoms with Crippen LogP contribution in [0.15, 0.2) is 40.4 Å². The van der Waals surface area contributed by atoms with Gasteiger partial charge < -0.3 is 14.2 Å². The van der Waals surface area contributed by atoms with Gasteiger partial charge in [-0.15, -0.1) is 0 Å². The van der Waals surface area contributed by atoms with E-state index in [-0.39, 0.29) is 18.1 Å². The second-order valence-electron chi connectivity index (χ2n) is 9.59. The summed E-state index contributed by atoms with van der Waals surface area (Å²) in [6.45, 7) is 10.7. The van der Waals surface area contributed by atoms with E-state index in [0.717, 1.165) is 37.5 Å². The number of carbonyl (C=O) groups excluding carboxylic acids is 1. The number of ether oxygens (including phenoxy) is 3. The second kappa shape index (κ2) is 10.9. The zero-order valence-corrected chi connectivity index (χ0v) is 21.9. The number of aliphatic imine (C=N–C) groups is 2. The third kappa shape index (κ3) is 5.30. The minimum Gasteiger partial charge on any atom is -0.491 e. The number of carbonyl (C=O) groups is 1. The maximum Gasteiger partial charge on any atom is 0.259 e. The molecule has 2 unspecified atom stereocenters. The van der Waals surface area contributed by atoms with Crippen molar-refractivity contribution >= 4 is 23.4 Å². The van der Waals surface area contributed by atoms with Gasteiger partial charge in [0.1, 0.15) is 11.5 Å². The van der Waals surface area contributed by atoms with Crippen LogP contribution in [0.4, 0.5) is 5.69 Å². The highest BCUT2D eigenvalue weighted by molar-refractivity contribution is 6.20. The molecule has 5 rings (SSSR count). The van der Waals surface area contributed by atoms with Crippen molar-refractivity contribution in [1.29, 1.82) is 0 Å². The molecule has 0 radical (unpaired) electrons.